The smallest absolute Gasteiger partial charge is 0.346 e. The van der Waals surface area contributed by atoms with Gasteiger partial charge in [-0.25, -0.2) is 13.2 Å². The van der Waals surface area contributed by atoms with Gasteiger partial charge < -0.3 is 10.6 Å². The Balaban J connectivity index is 5.45. The molecule has 2 N–H and O–H groups in total. The lowest BCUT2D eigenvalue weighted by Gasteiger charge is -2.39. The zero-order valence-corrected chi connectivity index (χ0v) is 12.4. The highest BCUT2D eigenvalue weighted by molar-refractivity contribution is 5.87. The number of rotatable bonds is 9. The van der Waals surface area contributed by atoms with Gasteiger partial charge in [-0.3, -0.25) is 9.59 Å². The molecule has 0 saturated heterocycles. The summed E-state index contributed by atoms with van der Waals surface area (Å²) in [7, 11) is 0. The van der Waals surface area contributed by atoms with Crippen molar-refractivity contribution in [3.8, 4) is 0 Å². The van der Waals surface area contributed by atoms with Crippen molar-refractivity contribution in [3.05, 3.63) is 25.3 Å². The van der Waals surface area contributed by atoms with E-state index in [0.29, 0.717) is 12.2 Å². The van der Waals surface area contributed by atoms with Crippen molar-refractivity contribution < 1.29 is 40.3 Å². The van der Waals surface area contributed by atoms with E-state index in [0.717, 1.165) is 0 Å². The van der Waals surface area contributed by atoms with Crippen molar-refractivity contribution in [2.24, 2.45) is 0 Å². The summed E-state index contributed by atoms with van der Waals surface area (Å²) in [5, 5.41) is 2.63. The Morgan fingerprint density at radius 1 is 0.833 bits per heavy atom. The van der Waals surface area contributed by atoms with Crippen LogP contribution in [0.15, 0.2) is 25.3 Å². The van der Waals surface area contributed by atoms with Crippen LogP contribution in [-0.2, 0) is 9.59 Å². The summed E-state index contributed by atoms with van der Waals surface area (Å²) in [5.41, 5.74) is -5.04. The lowest BCUT2D eigenvalue weighted by atomic mass is 9.87. The Morgan fingerprint density at radius 3 is 1.50 bits per heavy atom. The number of carbonyl (C=O) groups is 2. The molecule has 0 aromatic rings. The van der Waals surface area contributed by atoms with Crippen LogP contribution in [0.2, 0.25) is 0 Å². The normalized spacial score (nSPS) is 15.2. The summed E-state index contributed by atoms with van der Waals surface area (Å²) in [4.78, 5) is 21.5. The zero-order chi connectivity index (χ0) is 19.4. The topological polar surface area (TPSA) is 58.2 Å². The molecule has 0 aliphatic carbocycles. The fourth-order valence-electron chi connectivity index (χ4n) is 1.39. The predicted molar refractivity (Wildman–Crippen MR) is 70.8 cm³/mol. The van der Waals surface area contributed by atoms with Crippen LogP contribution < -0.4 is 10.6 Å². The molecule has 0 aliphatic rings. The molecule has 1 atom stereocenters. The molecular formula is C13H15F7N2O2. The molecule has 4 nitrogen and oxygen atoms in total. The first kappa shape index (κ1) is 21.9. The van der Waals surface area contributed by atoms with Gasteiger partial charge in [-0.15, -0.1) is 0 Å². The van der Waals surface area contributed by atoms with Crippen LogP contribution in [0.25, 0.3) is 0 Å². The number of hydrogen-bond donors (Lipinski definition) is 2. The average molecular weight is 364 g/mol. The van der Waals surface area contributed by atoms with Gasteiger partial charge in [0.25, 0.3) is 0 Å². The summed E-state index contributed by atoms with van der Waals surface area (Å²) in [6, 6.07) is 0. The molecule has 0 heterocycles. The standard InChI is InChI=1S/C13H15F7N2O2/c1-4-8(23)21-6-11(15,16)10(3,14)13(19,20)12(17,18)7-22-9(24)5-2/h4-5H,1-2,6-7H2,3H3,(H,21,23)(H,22,24). The third kappa shape index (κ3) is 4.26. The van der Waals surface area contributed by atoms with Crippen molar-refractivity contribution in [3.63, 3.8) is 0 Å². The predicted octanol–water partition coefficient (Wildman–Crippen LogP) is 2.22. The minimum absolute atomic E-state index is 0.420. The van der Waals surface area contributed by atoms with Crippen molar-refractivity contribution >= 4 is 11.8 Å². The molecule has 0 aromatic heterocycles. The molecule has 0 aromatic carbocycles. The van der Waals surface area contributed by atoms with Crippen LogP contribution in [-0.4, -0.2) is 48.3 Å². The fraction of sp³-hybridized carbons (Fsp3) is 0.538. The van der Waals surface area contributed by atoms with Crippen LogP contribution in [0.3, 0.4) is 0 Å². The summed E-state index contributed by atoms with van der Waals surface area (Å²) >= 11 is 0. The van der Waals surface area contributed by atoms with Gasteiger partial charge in [0.2, 0.25) is 17.5 Å². The van der Waals surface area contributed by atoms with Gasteiger partial charge in [-0.2, -0.15) is 17.6 Å². The quantitative estimate of drug-likeness (QED) is 0.487. The maximum Gasteiger partial charge on any atom is 0.350 e. The van der Waals surface area contributed by atoms with E-state index >= 15 is 0 Å². The van der Waals surface area contributed by atoms with Gasteiger partial charge in [0.05, 0.1) is 13.1 Å². The third-order valence-electron chi connectivity index (χ3n) is 3.08. The minimum atomic E-state index is -5.88. The second kappa shape index (κ2) is 7.22. The van der Waals surface area contributed by atoms with E-state index in [9.17, 15) is 40.3 Å². The Bertz CT molecular complexity index is 472. The number of hydrogen-bond acceptors (Lipinski definition) is 2. The summed E-state index contributed by atoms with van der Waals surface area (Å²) in [6.07, 6.45) is 0.978. The molecule has 11 heteroatoms. The number of nitrogens with one attached hydrogen (secondary N) is 2. The Kier molecular flexibility index (Phi) is 6.60. The molecule has 0 bridgehead atoms. The second-order valence-corrected chi connectivity index (χ2v) is 4.83. The van der Waals surface area contributed by atoms with Gasteiger partial charge >= 0.3 is 17.8 Å². The van der Waals surface area contributed by atoms with Gasteiger partial charge in [0, 0.05) is 0 Å². The lowest BCUT2D eigenvalue weighted by Crippen LogP contribution is -2.67. The summed E-state index contributed by atoms with van der Waals surface area (Å²) < 4.78 is 95.8. The van der Waals surface area contributed by atoms with Crippen LogP contribution in [0.1, 0.15) is 6.92 Å². The number of halogens is 7. The van der Waals surface area contributed by atoms with Crippen LogP contribution in [0.4, 0.5) is 30.7 Å². The van der Waals surface area contributed by atoms with E-state index in [4.69, 9.17) is 0 Å². The molecule has 0 radical (unpaired) electrons. The average Bonchev–Trinajstić information content (AvgIpc) is 2.49. The van der Waals surface area contributed by atoms with Crippen molar-refractivity contribution in [1.82, 2.24) is 10.6 Å². The van der Waals surface area contributed by atoms with E-state index in [-0.39, 0.29) is 0 Å². The Morgan fingerprint density at radius 2 is 1.17 bits per heavy atom. The minimum Gasteiger partial charge on any atom is -0.346 e. The molecule has 1 unspecified atom stereocenters. The second-order valence-electron chi connectivity index (χ2n) is 4.83. The first-order chi connectivity index (χ1) is 10.7. The van der Waals surface area contributed by atoms with E-state index in [2.05, 4.69) is 13.2 Å². The Hall–Kier alpha value is -2.07. The summed E-state index contributed by atoms with van der Waals surface area (Å²) in [6.45, 7) is 1.29. The first-order valence-electron chi connectivity index (χ1n) is 6.29. The lowest BCUT2D eigenvalue weighted by molar-refractivity contribution is -0.312. The molecule has 138 valence electrons. The van der Waals surface area contributed by atoms with E-state index in [1.807, 2.05) is 0 Å². The molecule has 0 spiro atoms. The van der Waals surface area contributed by atoms with Gasteiger partial charge in [0.1, 0.15) is 0 Å². The van der Waals surface area contributed by atoms with Crippen molar-refractivity contribution in [1.29, 1.82) is 0 Å². The molecule has 0 fully saturated rings. The zero-order valence-electron chi connectivity index (χ0n) is 12.4. The highest BCUT2D eigenvalue weighted by atomic mass is 19.3. The molecule has 0 rings (SSSR count). The van der Waals surface area contributed by atoms with Gasteiger partial charge in [-0.1, -0.05) is 13.2 Å². The highest BCUT2D eigenvalue weighted by Crippen LogP contribution is 2.51. The number of alkyl halides is 7. The molecular weight excluding hydrogens is 349 g/mol. The van der Waals surface area contributed by atoms with Crippen LogP contribution in [0.5, 0.6) is 0 Å². The maximum atomic E-state index is 14.0. The van der Waals surface area contributed by atoms with Gasteiger partial charge in [0.15, 0.2) is 0 Å². The summed E-state index contributed by atoms with van der Waals surface area (Å²) in [5.74, 6) is -18.8. The largest absolute Gasteiger partial charge is 0.350 e. The van der Waals surface area contributed by atoms with E-state index in [1.54, 1.807) is 0 Å². The monoisotopic (exact) mass is 364 g/mol. The maximum absolute atomic E-state index is 14.0. The highest BCUT2D eigenvalue weighted by Gasteiger charge is 2.76. The van der Waals surface area contributed by atoms with E-state index < -0.39 is 55.3 Å². The molecule has 24 heavy (non-hydrogen) atoms. The molecule has 0 saturated carbocycles. The van der Waals surface area contributed by atoms with Crippen molar-refractivity contribution in [2.75, 3.05) is 13.1 Å². The number of amides is 2. The van der Waals surface area contributed by atoms with E-state index in [1.165, 1.54) is 10.6 Å². The first-order valence-corrected chi connectivity index (χ1v) is 6.29. The number of carbonyl (C=O) groups excluding carboxylic acids is 2. The third-order valence-corrected chi connectivity index (χ3v) is 3.08. The Labute approximate surface area is 132 Å². The molecule has 0 aliphatic heterocycles. The van der Waals surface area contributed by atoms with Crippen LogP contribution in [0, 0.1) is 0 Å². The van der Waals surface area contributed by atoms with Gasteiger partial charge in [-0.05, 0) is 19.1 Å². The van der Waals surface area contributed by atoms with Crippen LogP contribution >= 0.6 is 0 Å². The SMILES string of the molecule is C=CC(=O)NCC(F)(F)C(C)(F)C(F)(F)C(F)(F)CNC(=O)C=C. The van der Waals surface area contributed by atoms with Crippen molar-refractivity contribution in [2.45, 2.75) is 30.4 Å². The fourth-order valence-corrected chi connectivity index (χ4v) is 1.39. The molecule has 2 amide bonds.